The van der Waals surface area contributed by atoms with E-state index in [0.29, 0.717) is 17.4 Å². The van der Waals surface area contributed by atoms with Gasteiger partial charge in [-0.3, -0.25) is 0 Å². The van der Waals surface area contributed by atoms with Crippen molar-refractivity contribution in [2.24, 2.45) is 5.92 Å². The summed E-state index contributed by atoms with van der Waals surface area (Å²) in [5.74, 6) is 0.226. The van der Waals surface area contributed by atoms with Crippen LogP contribution in [-0.2, 0) is 9.53 Å². The molecule has 1 N–H and O–H groups in total. The van der Waals surface area contributed by atoms with E-state index < -0.39 is 5.54 Å². The van der Waals surface area contributed by atoms with Crippen molar-refractivity contribution in [1.82, 2.24) is 0 Å². The molecule has 1 aromatic rings. The van der Waals surface area contributed by atoms with Crippen LogP contribution in [0.25, 0.3) is 0 Å². The number of hydrogen-bond acceptors (Lipinski definition) is 3. The average Bonchev–Trinajstić information content (AvgIpc) is 2.47. The van der Waals surface area contributed by atoms with E-state index in [1.54, 1.807) is 0 Å². The minimum Gasteiger partial charge on any atom is -0.467 e. The maximum Gasteiger partial charge on any atom is 0.331 e. The van der Waals surface area contributed by atoms with Crippen LogP contribution in [0, 0.1) is 5.92 Å². The number of ether oxygens (including phenoxy) is 1. The van der Waals surface area contributed by atoms with Gasteiger partial charge >= 0.3 is 5.97 Å². The number of rotatable bonds is 7. The number of carbonyl (C=O) groups excluding carboxylic acids is 1. The van der Waals surface area contributed by atoms with Crippen molar-refractivity contribution in [3.8, 4) is 0 Å². The monoisotopic (exact) mass is 297 g/mol. The molecule has 0 spiro atoms. The van der Waals surface area contributed by atoms with Gasteiger partial charge in [-0.05, 0) is 43.0 Å². The lowest BCUT2D eigenvalue weighted by atomic mass is 9.84. The summed E-state index contributed by atoms with van der Waals surface area (Å²) >= 11 is 5.89. The van der Waals surface area contributed by atoms with Gasteiger partial charge in [-0.25, -0.2) is 4.79 Å². The first-order valence-electron chi connectivity index (χ1n) is 7.09. The van der Waals surface area contributed by atoms with E-state index in [2.05, 4.69) is 19.2 Å². The van der Waals surface area contributed by atoms with Gasteiger partial charge in [-0.15, -0.1) is 0 Å². The Labute approximate surface area is 126 Å². The summed E-state index contributed by atoms with van der Waals surface area (Å²) < 4.78 is 5.02. The number of esters is 1. The molecule has 0 saturated carbocycles. The normalized spacial score (nSPS) is 15.2. The van der Waals surface area contributed by atoms with E-state index in [-0.39, 0.29) is 5.97 Å². The van der Waals surface area contributed by atoms with E-state index in [9.17, 15) is 4.79 Å². The van der Waals surface area contributed by atoms with E-state index in [0.717, 1.165) is 18.5 Å². The Kier molecular flexibility index (Phi) is 6.34. The van der Waals surface area contributed by atoms with Crippen LogP contribution in [0.5, 0.6) is 0 Å². The van der Waals surface area contributed by atoms with Gasteiger partial charge in [0.25, 0.3) is 0 Å². The van der Waals surface area contributed by atoms with Gasteiger partial charge < -0.3 is 10.1 Å². The SMILES string of the molecule is CCC(C)CC(CC)(Nc1ccc(Cl)cc1)C(=O)OC. The second-order valence-corrected chi connectivity index (χ2v) is 5.71. The van der Waals surface area contributed by atoms with Crippen LogP contribution in [-0.4, -0.2) is 18.6 Å². The van der Waals surface area contributed by atoms with Gasteiger partial charge in [0.2, 0.25) is 0 Å². The highest BCUT2D eigenvalue weighted by Crippen LogP contribution is 2.29. The molecular weight excluding hydrogens is 274 g/mol. The zero-order valence-electron chi connectivity index (χ0n) is 12.7. The van der Waals surface area contributed by atoms with Crippen LogP contribution in [0.4, 0.5) is 5.69 Å². The molecule has 0 amide bonds. The van der Waals surface area contributed by atoms with Gasteiger partial charge in [-0.2, -0.15) is 0 Å². The molecule has 0 aromatic heterocycles. The molecule has 0 bridgehead atoms. The van der Waals surface area contributed by atoms with Gasteiger partial charge in [-0.1, -0.05) is 38.8 Å². The first-order valence-corrected chi connectivity index (χ1v) is 7.47. The van der Waals surface area contributed by atoms with E-state index in [4.69, 9.17) is 16.3 Å². The lowest BCUT2D eigenvalue weighted by molar-refractivity contribution is -0.146. The Morgan fingerprint density at radius 3 is 2.40 bits per heavy atom. The molecule has 4 heteroatoms. The quantitative estimate of drug-likeness (QED) is 0.753. The molecule has 0 saturated heterocycles. The fourth-order valence-corrected chi connectivity index (χ4v) is 2.43. The molecule has 0 heterocycles. The van der Waals surface area contributed by atoms with Crippen LogP contribution in [0.1, 0.15) is 40.0 Å². The minimum atomic E-state index is -0.683. The second kappa shape index (κ2) is 7.53. The Hall–Kier alpha value is -1.22. The minimum absolute atomic E-state index is 0.213. The lowest BCUT2D eigenvalue weighted by Gasteiger charge is -2.34. The Balaban J connectivity index is 3.02. The zero-order chi connectivity index (χ0) is 15.2. The Bertz CT molecular complexity index is 433. The van der Waals surface area contributed by atoms with Crippen LogP contribution in [0.15, 0.2) is 24.3 Å². The molecular formula is C16H24ClNO2. The van der Waals surface area contributed by atoms with Crippen molar-refractivity contribution in [2.45, 2.75) is 45.6 Å². The number of halogens is 1. The van der Waals surface area contributed by atoms with Gasteiger partial charge in [0.05, 0.1) is 7.11 Å². The smallest absolute Gasteiger partial charge is 0.331 e. The summed E-state index contributed by atoms with van der Waals surface area (Å²) in [7, 11) is 1.44. The van der Waals surface area contributed by atoms with Crippen LogP contribution in [0.2, 0.25) is 5.02 Å². The Morgan fingerprint density at radius 2 is 1.95 bits per heavy atom. The third-order valence-electron chi connectivity index (χ3n) is 3.80. The molecule has 1 rings (SSSR count). The molecule has 1 aromatic carbocycles. The van der Waals surface area contributed by atoms with Crippen molar-refractivity contribution in [3.05, 3.63) is 29.3 Å². The third kappa shape index (κ3) is 4.14. The summed E-state index contributed by atoms with van der Waals surface area (Å²) in [6.07, 6.45) is 2.45. The molecule has 0 radical (unpaired) electrons. The first kappa shape index (κ1) is 16.8. The topological polar surface area (TPSA) is 38.3 Å². The van der Waals surface area contributed by atoms with Gasteiger partial charge in [0.1, 0.15) is 5.54 Å². The van der Waals surface area contributed by atoms with E-state index in [1.165, 1.54) is 7.11 Å². The maximum atomic E-state index is 12.3. The van der Waals surface area contributed by atoms with Crippen molar-refractivity contribution in [3.63, 3.8) is 0 Å². The standard InChI is InChI=1S/C16H24ClNO2/c1-5-12(3)11-16(6-2,15(19)20-4)18-14-9-7-13(17)8-10-14/h7-10,12,18H,5-6,11H2,1-4H3. The van der Waals surface area contributed by atoms with Gasteiger partial charge in [0.15, 0.2) is 0 Å². The summed E-state index contributed by atoms with van der Waals surface area (Å²) in [5, 5.41) is 4.03. The molecule has 2 unspecified atom stereocenters. The van der Waals surface area contributed by atoms with Crippen LogP contribution < -0.4 is 5.32 Å². The van der Waals surface area contributed by atoms with Crippen molar-refractivity contribution in [2.75, 3.05) is 12.4 Å². The van der Waals surface area contributed by atoms with Gasteiger partial charge in [0, 0.05) is 10.7 Å². The molecule has 3 nitrogen and oxygen atoms in total. The predicted molar refractivity (Wildman–Crippen MR) is 84.2 cm³/mol. The number of carbonyl (C=O) groups is 1. The summed E-state index contributed by atoms with van der Waals surface area (Å²) in [6, 6.07) is 7.38. The predicted octanol–water partition coefficient (Wildman–Crippen LogP) is 4.51. The highest BCUT2D eigenvalue weighted by molar-refractivity contribution is 6.30. The highest BCUT2D eigenvalue weighted by Gasteiger charge is 2.38. The average molecular weight is 298 g/mol. The molecule has 0 aliphatic carbocycles. The lowest BCUT2D eigenvalue weighted by Crippen LogP contribution is -2.48. The largest absolute Gasteiger partial charge is 0.467 e. The second-order valence-electron chi connectivity index (χ2n) is 5.28. The molecule has 0 fully saturated rings. The number of benzene rings is 1. The highest BCUT2D eigenvalue weighted by atomic mass is 35.5. The summed E-state index contributed by atoms with van der Waals surface area (Å²) in [4.78, 5) is 12.3. The zero-order valence-corrected chi connectivity index (χ0v) is 13.5. The number of anilines is 1. The molecule has 112 valence electrons. The summed E-state index contributed by atoms with van der Waals surface area (Å²) in [5.41, 5.74) is 0.197. The van der Waals surface area contributed by atoms with E-state index >= 15 is 0 Å². The van der Waals surface area contributed by atoms with Crippen LogP contribution >= 0.6 is 11.6 Å². The van der Waals surface area contributed by atoms with E-state index in [1.807, 2.05) is 31.2 Å². The van der Waals surface area contributed by atoms with Crippen molar-refractivity contribution in [1.29, 1.82) is 0 Å². The summed E-state index contributed by atoms with van der Waals surface area (Å²) in [6.45, 7) is 6.28. The fourth-order valence-electron chi connectivity index (χ4n) is 2.31. The number of nitrogens with one attached hydrogen (secondary N) is 1. The molecule has 0 aliphatic rings. The molecule has 20 heavy (non-hydrogen) atoms. The number of hydrogen-bond donors (Lipinski definition) is 1. The Morgan fingerprint density at radius 1 is 1.35 bits per heavy atom. The fraction of sp³-hybridized carbons (Fsp3) is 0.562. The van der Waals surface area contributed by atoms with Crippen LogP contribution in [0.3, 0.4) is 0 Å². The molecule has 0 aliphatic heterocycles. The number of methoxy groups -OCH3 is 1. The first-order chi connectivity index (χ1) is 9.47. The van der Waals surface area contributed by atoms with Crippen molar-refractivity contribution < 1.29 is 9.53 Å². The molecule has 2 atom stereocenters. The maximum absolute atomic E-state index is 12.3. The third-order valence-corrected chi connectivity index (χ3v) is 4.05. The van der Waals surface area contributed by atoms with Crippen molar-refractivity contribution >= 4 is 23.3 Å².